The Morgan fingerprint density at radius 3 is 2.24 bits per heavy atom. The lowest BCUT2D eigenvalue weighted by molar-refractivity contribution is 0.547. The summed E-state index contributed by atoms with van der Waals surface area (Å²) in [7, 11) is 0. The van der Waals surface area contributed by atoms with Crippen LogP contribution in [0.1, 0.15) is 40.8 Å². The number of halogens is 1. The van der Waals surface area contributed by atoms with E-state index >= 15 is 0 Å². The maximum Gasteiger partial charge on any atom is 0.0408 e. The molecule has 1 nitrogen and oxygen atoms in total. The number of hydrogen-bond acceptors (Lipinski definition) is 1. The van der Waals surface area contributed by atoms with Gasteiger partial charge in [0.2, 0.25) is 0 Å². The summed E-state index contributed by atoms with van der Waals surface area (Å²) in [4.78, 5) is 0. The molecule has 0 amide bonds. The van der Waals surface area contributed by atoms with Crippen LogP contribution in [-0.4, -0.2) is 6.54 Å². The van der Waals surface area contributed by atoms with E-state index in [4.69, 9.17) is 11.6 Å². The van der Waals surface area contributed by atoms with Crippen LogP contribution in [0.5, 0.6) is 0 Å². The fourth-order valence-electron chi connectivity index (χ4n) is 2.99. The van der Waals surface area contributed by atoms with Crippen molar-refractivity contribution in [3.05, 3.63) is 69.2 Å². The second-order valence-corrected chi connectivity index (χ2v) is 6.25. The molecule has 2 aromatic rings. The second kappa shape index (κ2) is 7.11. The van der Waals surface area contributed by atoms with E-state index in [-0.39, 0.29) is 0 Å². The summed E-state index contributed by atoms with van der Waals surface area (Å²) in [6, 6.07) is 13.3. The Hall–Kier alpha value is -1.31. The summed E-state index contributed by atoms with van der Waals surface area (Å²) in [6.45, 7) is 9.56. The molecule has 0 spiro atoms. The number of nitrogens with one attached hydrogen (secondary N) is 1. The molecule has 0 saturated carbocycles. The van der Waals surface area contributed by atoms with Crippen LogP contribution in [0.15, 0.2) is 36.4 Å². The van der Waals surface area contributed by atoms with Crippen molar-refractivity contribution in [2.24, 2.45) is 0 Å². The van der Waals surface area contributed by atoms with Crippen molar-refractivity contribution in [2.75, 3.05) is 6.54 Å². The van der Waals surface area contributed by atoms with Crippen molar-refractivity contribution in [1.82, 2.24) is 5.32 Å². The first kappa shape index (κ1) is 16.1. The highest BCUT2D eigenvalue weighted by Crippen LogP contribution is 2.25. The molecule has 0 saturated heterocycles. The standard InChI is InChI=1S/C19H24ClN/c1-5-21-19(18-7-6-17(20)11-15(18)4)12-16-9-13(2)8-14(3)10-16/h6-11,19,21H,5,12H2,1-4H3. The lowest BCUT2D eigenvalue weighted by atomic mass is 9.94. The number of benzene rings is 2. The minimum absolute atomic E-state index is 0.327. The zero-order chi connectivity index (χ0) is 15.4. The summed E-state index contributed by atoms with van der Waals surface area (Å²) in [5, 5.41) is 4.41. The van der Waals surface area contributed by atoms with Crippen molar-refractivity contribution in [3.63, 3.8) is 0 Å². The normalized spacial score (nSPS) is 12.4. The molecule has 1 unspecified atom stereocenters. The van der Waals surface area contributed by atoms with Crippen LogP contribution in [0.4, 0.5) is 0 Å². The quantitative estimate of drug-likeness (QED) is 0.804. The molecule has 0 aromatic heterocycles. The van der Waals surface area contributed by atoms with Gasteiger partial charge in [-0.15, -0.1) is 0 Å². The van der Waals surface area contributed by atoms with Crippen molar-refractivity contribution in [2.45, 2.75) is 40.2 Å². The monoisotopic (exact) mass is 301 g/mol. The minimum atomic E-state index is 0.327. The third-order valence-electron chi connectivity index (χ3n) is 3.78. The van der Waals surface area contributed by atoms with Crippen LogP contribution in [0.25, 0.3) is 0 Å². The number of rotatable bonds is 5. The second-order valence-electron chi connectivity index (χ2n) is 5.81. The van der Waals surface area contributed by atoms with Gasteiger partial charge in [-0.3, -0.25) is 0 Å². The molecule has 0 fully saturated rings. The molecule has 0 heterocycles. The summed E-state index contributed by atoms with van der Waals surface area (Å²) < 4.78 is 0. The van der Waals surface area contributed by atoms with E-state index in [9.17, 15) is 0 Å². The first-order valence-corrected chi connectivity index (χ1v) is 7.94. The molecule has 112 valence electrons. The molecule has 0 aliphatic carbocycles. The number of aryl methyl sites for hydroxylation is 3. The van der Waals surface area contributed by atoms with Gasteiger partial charge in [-0.25, -0.2) is 0 Å². The molecule has 21 heavy (non-hydrogen) atoms. The average molecular weight is 302 g/mol. The van der Waals surface area contributed by atoms with Gasteiger partial charge in [0.25, 0.3) is 0 Å². The van der Waals surface area contributed by atoms with Crippen molar-refractivity contribution >= 4 is 11.6 Å². The van der Waals surface area contributed by atoms with E-state index in [1.165, 1.54) is 27.8 Å². The van der Waals surface area contributed by atoms with Crippen molar-refractivity contribution < 1.29 is 0 Å². The van der Waals surface area contributed by atoms with E-state index in [0.29, 0.717) is 6.04 Å². The lowest BCUT2D eigenvalue weighted by Gasteiger charge is -2.21. The Labute approximate surface area is 133 Å². The van der Waals surface area contributed by atoms with Gasteiger partial charge < -0.3 is 5.32 Å². The summed E-state index contributed by atoms with van der Waals surface area (Å²) in [6.07, 6.45) is 0.999. The molecule has 1 atom stereocenters. The highest BCUT2D eigenvalue weighted by Gasteiger charge is 2.14. The van der Waals surface area contributed by atoms with Gasteiger partial charge in [0, 0.05) is 11.1 Å². The SMILES string of the molecule is CCNC(Cc1cc(C)cc(C)c1)c1ccc(Cl)cc1C. The molecule has 2 heteroatoms. The van der Waals surface area contributed by atoms with Crippen LogP contribution < -0.4 is 5.32 Å². The molecular weight excluding hydrogens is 278 g/mol. The fourth-order valence-corrected chi connectivity index (χ4v) is 3.22. The van der Waals surface area contributed by atoms with E-state index in [1.807, 2.05) is 12.1 Å². The van der Waals surface area contributed by atoms with Gasteiger partial charge in [-0.05, 0) is 62.6 Å². The van der Waals surface area contributed by atoms with Gasteiger partial charge in [0.15, 0.2) is 0 Å². The van der Waals surface area contributed by atoms with E-state index in [1.54, 1.807) is 0 Å². The van der Waals surface area contributed by atoms with Gasteiger partial charge in [-0.2, -0.15) is 0 Å². The minimum Gasteiger partial charge on any atom is -0.310 e. The largest absolute Gasteiger partial charge is 0.310 e. The van der Waals surface area contributed by atoms with Gasteiger partial charge in [0.05, 0.1) is 0 Å². The molecular formula is C19H24ClN. The molecule has 2 rings (SSSR count). The Bertz CT molecular complexity index is 599. The Morgan fingerprint density at radius 2 is 1.67 bits per heavy atom. The average Bonchev–Trinajstić information content (AvgIpc) is 2.37. The fraction of sp³-hybridized carbons (Fsp3) is 0.368. The van der Waals surface area contributed by atoms with Crippen LogP contribution in [0.2, 0.25) is 5.02 Å². The first-order chi connectivity index (χ1) is 9.99. The highest BCUT2D eigenvalue weighted by molar-refractivity contribution is 6.30. The van der Waals surface area contributed by atoms with Crippen molar-refractivity contribution in [1.29, 1.82) is 0 Å². The molecule has 0 aliphatic heterocycles. The topological polar surface area (TPSA) is 12.0 Å². The lowest BCUT2D eigenvalue weighted by Crippen LogP contribution is -2.23. The molecule has 0 radical (unpaired) electrons. The third-order valence-corrected chi connectivity index (χ3v) is 4.01. The number of hydrogen-bond donors (Lipinski definition) is 1. The Morgan fingerprint density at radius 1 is 1.00 bits per heavy atom. The summed E-state index contributed by atoms with van der Waals surface area (Å²) >= 11 is 6.08. The van der Waals surface area contributed by atoms with E-state index in [0.717, 1.165) is 18.0 Å². The summed E-state index contributed by atoms with van der Waals surface area (Å²) in [5.74, 6) is 0. The predicted molar refractivity (Wildman–Crippen MR) is 92.2 cm³/mol. The van der Waals surface area contributed by atoms with Crippen molar-refractivity contribution in [3.8, 4) is 0 Å². The molecule has 0 aliphatic rings. The predicted octanol–water partition coefficient (Wildman–Crippen LogP) is 5.16. The molecule has 2 aromatic carbocycles. The van der Waals surface area contributed by atoms with Gasteiger partial charge >= 0.3 is 0 Å². The van der Waals surface area contributed by atoms with Crippen LogP contribution >= 0.6 is 11.6 Å². The highest BCUT2D eigenvalue weighted by atomic mass is 35.5. The zero-order valence-electron chi connectivity index (χ0n) is 13.3. The van der Waals surface area contributed by atoms with Gasteiger partial charge in [0.1, 0.15) is 0 Å². The van der Waals surface area contributed by atoms with Gasteiger partial charge in [-0.1, -0.05) is 53.9 Å². The van der Waals surface area contributed by atoms with Crippen LogP contribution in [0, 0.1) is 20.8 Å². The maximum atomic E-state index is 6.08. The number of likely N-dealkylation sites (N-methyl/N-ethyl adjacent to an activating group) is 1. The first-order valence-electron chi connectivity index (χ1n) is 7.56. The summed E-state index contributed by atoms with van der Waals surface area (Å²) in [5.41, 5.74) is 6.62. The third kappa shape index (κ3) is 4.33. The Kier molecular flexibility index (Phi) is 5.44. The zero-order valence-corrected chi connectivity index (χ0v) is 14.1. The molecule has 1 N–H and O–H groups in total. The maximum absolute atomic E-state index is 6.08. The van der Waals surface area contributed by atoms with E-state index < -0.39 is 0 Å². The van der Waals surface area contributed by atoms with Crippen LogP contribution in [0.3, 0.4) is 0 Å². The smallest absolute Gasteiger partial charge is 0.0408 e. The van der Waals surface area contributed by atoms with E-state index in [2.05, 4.69) is 57.3 Å². The molecule has 0 bridgehead atoms. The Balaban J connectivity index is 2.30. The van der Waals surface area contributed by atoms with Crippen LogP contribution in [-0.2, 0) is 6.42 Å².